The number of hydrogen-bond acceptors (Lipinski definition) is 3. The molecular formula is C13H11Br2ClN2O3. The lowest BCUT2D eigenvalue weighted by molar-refractivity contribution is 0.412. The number of aromatic nitrogens is 2. The number of nitrogens with zero attached hydrogens (tertiary/aromatic N) is 1. The van der Waals surface area contributed by atoms with Gasteiger partial charge in [-0.25, -0.2) is 9.36 Å². The van der Waals surface area contributed by atoms with E-state index >= 15 is 0 Å². The average Bonchev–Trinajstić information content (AvgIpc) is 2.41. The van der Waals surface area contributed by atoms with Crippen molar-refractivity contribution >= 4 is 43.5 Å². The van der Waals surface area contributed by atoms with Gasteiger partial charge in [0.05, 0.1) is 22.8 Å². The Morgan fingerprint density at radius 1 is 1.29 bits per heavy atom. The summed E-state index contributed by atoms with van der Waals surface area (Å²) in [5.41, 5.74) is -0.318. The largest absolute Gasteiger partial charge is 0.495 e. The Labute approximate surface area is 142 Å². The van der Waals surface area contributed by atoms with Crippen molar-refractivity contribution in [3.8, 4) is 11.4 Å². The van der Waals surface area contributed by atoms with Crippen molar-refractivity contribution in [1.82, 2.24) is 9.55 Å². The third-order valence-corrected chi connectivity index (χ3v) is 4.54. The van der Waals surface area contributed by atoms with Crippen LogP contribution < -0.4 is 16.0 Å². The van der Waals surface area contributed by atoms with E-state index in [-0.39, 0.29) is 5.15 Å². The highest BCUT2D eigenvalue weighted by atomic mass is 79.9. The van der Waals surface area contributed by atoms with Crippen molar-refractivity contribution in [3.63, 3.8) is 0 Å². The normalized spacial score (nSPS) is 10.7. The molecule has 21 heavy (non-hydrogen) atoms. The third kappa shape index (κ3) is 2.95. The predicted octanol–water partition coefficient (Wildman–Crippen LogP) is 3.28. The fourth-order valence-corrected chi connectivity index (χ4v) is 3.55. The van der Waals surface area contributed by atoms with Crippen molar-refractivity contribution in [2.24, 2.45) is 0 Å². The predicted molar refractivity (Wildman–Crippen MR) is 89.0 cm³/mol. The first-order chi connectivity index (χ1) is 9.90. The maximum absolute atomic E-state index is 12.5. The molecule has 0 fully saturated rings. The molecule has 8 heteroatoms. The second kappa shape index (κ2) is 6.37. The smallest absolute Gasteiger partial charge is 0.334 e. The molecule has 0 saturated carbocycles. The molecular weight excluding hydrogens is 427 g/mol. The second-order valence-corrected chi connectivity index (χ2v) is 6.24. The first kappa shape index (κ1) is 16.3. The number of nitrogens with one attached hydrogen (secondary N) is 1. The van der Waals surface area contributed by atoms with Crippen molar-refractivity contribution in [2.75, 3.05) is 7.11 Å². The second-order valence-electron chi connectivity index (χ2n) is 4.15. The quantitative estimate of drug-likeness (QED) is 0.749. The van der Waals surface area contributed by atoms with E-state index in [1.165, 1.54) is 7.11 Å². The first-order valence-electron chi connectivity index (χ1n) is 5.97. The van der Waals surface area contributed by atoms with Crippen molar-refractivity contribution in [2.45, 2.75) is 13.3 Å². The van der Waals surface area contributed by atoms with Gasteiger partial charge in [-0.1, -0.05) is 18.5 Å². The van der Waals surface area contributed by atoms with Gasteiger partial charge in [-0.3, -0.25) is 9.78 Å². The molecule has 0 aliphatic rings. The number of hydrogen-bond donors (Lipinski definition) is 1. The van der Waals surface area contributed by atoms with Crippen LogP contribution in [0.1, 0.15) is 12.5 Å². The molecule has 2 aromatic rings. The van der Waals surface area contributed by atoms with Crippen LogP contribution in [-0.4, -0.2) is 16.7 Å². The molecule has 1 aromatic carbocycles. The Hall–Kier alpha value is -1.05. The van der Waals surface area contributed by atoms with Crippen molar-refractivity contribution < 1.29 is 4.74 Å². The molecule has 1 heterocycles. The Bertz CT molecular complexity index is 814. The van der Waals surface area contributed by atoms with E-state index < -0.39 is 11.2 Å². The van der Waals surface area contributed by atoms with E-state index in [1.54, 1.807) is 19.1 Å². The third-order valence-electron chi connectivity index (χ3n) is 2.96. The van der Waals surface area contributed by atoms with Gasteiger partial charge < -0.3 is 4.74 Å². The fraction of sp³-hybridized carbons (Fsp3) is 0.231. The molecule has 0 unspecified atom stereocenters. The molecule has 5 nitrogen and oxygen atoms in total. The topological polar surface area (TPSA) is 64.1 Å². The minimum Gasteiger partial charge on any atom is -0.495 e. The molecule has 0 amide bonds. The number of benzene rings is 1. The van der Waals surface area contributed by atoms with Gasteiger partial charge in [0.1, 0.15) is 10.9 Å². The summed E-state index contributed by atoms with van der Waals surface area (Å²) < 4.78 is 7.51. The van der Waals surface area contributed by atoms with Gasteiger partial charge in [0.2, 0.25) is 0 Å². The fourth-order valence-electron chi connectivity index (χ4n) is 1.92. The molecule has 1 aromatic heterocycles. The maximum Gasteiger partial charge on any atom is 0.334 e. The number of halogens is 3. The lowest BCUT2D eigenvalue weighted by atomic mass is 10.2. The van der Waals surface area contributed by atoms with E-state index in [1.807, 2.05) is 0 Å². The van der Waals surface area contributed by atoms with Gasteiger partial charge in [-0.2, -0.15) is 0 Å². The van der Waals surface area contributed by atoms with E-state index in [9.17, 15) is 9.59 Å². The van der Waals surface area contributed by atoms with Crippen LogP contribution in [0.3, 0.4) is 0 Å². The average molecular weight is 439 g/mol. The van der Waals surface area contributed by atoms with Crippen LogP contribution in [0.15, 0.2) is 30.7 Å². The van der Waals surface area contributed by atoms with Gasteiger partial charge in [0.25, 0.3) is 5.56 Å². The highest BCUT2D eigenvalue weighted by Crippen LogP contribution is 2.32. The molecule has 112 valence electrons. The number of H-pyrrole nitrogens is 1. The Morgan fingerprint density at radius 3 is 2.52 bits per heavy atom. The molecule has 0 aliphatic carbocycles. The lowest BCUT2D eigenvalue weighted by Crippen LogP contribution is -2.36. The van der Waals surface area contributed by atoms with Gasteiger partial charge in [-0.15, -0.1) is 0 Å². The highest BCUT2D eigenvalue weighted by Gasteiger charge is 2.16. The molecule has 0 atom stereocenters. The summed E-state index contributed by atoms with van der Waals surface area (Å²) >= 11 is 12.6. The zero-order valence-corrected chi connectivity index (χ0v) is 15.1. The number of rotatable bonds is 3. The molecule has 0 spiro atoms. The Balaban J connectivity index is 2.85. The van der Waals surface area contributed by atoms with E-state index in [4.69, 9.17) is 16.3 Å². The van der Waals surface area contributed by atoms with E-state index in [2.05, 4.69) is 36.8 Å². The molecule has 2 rings (SSSR count). The van der Waals surface area contributed by atoms with Gasteiger partial charge in [0.15, 0.2) is 0 Å². The Morgan fingerprint density at radius 2 is 1.95 bits per heavy atom. The standard InChI is InChI=1S/C13H11Br2ClN2O3/c1-3-6-11(16)17-13(20)18(12(6)19)9-5-10(21-2)8(15)4-7(9)14/h4-5H,3H2,1-2H3,(H,17,20). The zero-order valence-electron chi connectivity index (χ0n) is 11.2. The summed E-state index contributed by atoms with van der Waals surface area (Å²) in [6.07, 6.45) is 0.416. The summed E-state index contributed by atoms with van der Waals surface area (Å²) in [4.78, 5) is 27.1. The summed E-state index contributed by atoms with van der Waals surface area (Å²) in [7, 11) is 1.50. The minimum atomic E-state index is -0.604. The van der Waals surface area contributed by atoms with Crippen LogP contribution in [0.2, 0.25) is 5.15 Å². The van der Waals surface area contributed by atoms with E-state index in [0.29, 0.717) is 32.4 Å². The number of ether oxygens (including phenoxy) is 1. The summed E-state index contributed by atoms with van der Waals surface area (Å²) in [5.74, 6) is 0.507. The summed E-state index contributed by atoms with van der Waals surface area (Å²) in [6.45, 7) is 1.79. The summed E-state index contributed by atoms with van der Waals surface area (Å²) in [5, 5.41) is 0.0731. The first-order valence-corrected chi connectivity index (χ1v) is 7.94. The van der Waals surface area contributed by atoms with Gasteiger partial charge in [-0.05, 0) is 44.3 Å². The SMILES string of the molecule is CCc1c(Cl)[nH]c(=O)n(-c2cc(OC)c(Br)cc2Br)c1=O. The molecule has 0 bridgehead atoms. The highest BCUT2D eigenvalue weighted by molar-refractivity contribution is 9.11. The molecule has 0 radical (unpaired) electrons. The van der Waals surface area contributed by atoms with Crippen LogP contribution in [0.5, 0.6) is 5.75 Å². The van der Waals surface area contributed by atoms with Crippen LogP contribution in [0, 0.1) is 0 Å². The van der Waals surface area contributed by atoms with Gasteiger partial charge in [0, 0.05) is 10.5 Å². The van der Waals surface area contributed by atoms with Crippen LogP contribution in [0.4, 0.5) is 0 Å². The van der Waals surface area contributed by atoms with Crippen LogP contribution in [-0.2, 0) is 6.42 Å². The summed E-state index contributed by atoms with van der Waals surface area (Å²) in [6, 6.07) is 3.30. The number of methoxy groups -OCH3 is 1. The van der Waals surface area contributed by atoms with Crippen LogP contribution in [0.25, 0.3) is 5.69 Å². The number of aromatic amines is 1. The lowest BCUT2D eigenvalue weighted by Gasteiger charge is -2.12. The Kier molecular flexibility index (Phi) is 4.95. The molecule has 1 N–H and O–H groups in total. The zero-order chi connectivity index (χ0) is 15.7. The van der Waals surface area contributed by atoms with Gasteiger partial charge >= 0.3 is 5.69 Å². The van der Waals surface area contributed by atoms with Crippen molar-refractivity contribution in [3.05, 3.63) is 52.6 Å². The molecule has 0 saturated heterocycles. The monoisotopic (exact) mass is 436 g/mol. The van der Waals surface area contributed by atoms with Crippen molar-refractivity contribution in [1.29, 1.82) is 0 Å². The van der Waals surface area contributed by atoms with Crippen LogP contribution >= 0.6 is 43.5 Å². The van der Waals surface area contributed by atoms with E-state index in [0.717, 1.165) is 4.57 Å². The maximum atomic E-state index is 12.5. The minimum absolute atomic E-state index is 0.0731. The molecule has 0 aliphatic heterocycles.